The Labute approximate surface area is 171 Å². The molecule has 0 radical (unpaired) electrons. The third kappa shape index (κ3) is 3.52. The van der Waals surface area contributed by atoms with Crippen LogP contribution in [-0.4, -0.2) is 23.6 Å². The van der Waals surface area contributed by atoms with Gasteiger partial charge in [0.2, 0.25) is 12.6 Å². The summed E-state index contributed by atoms with van der Waals surface area (Å²) in [6.45, 7) is 5.57. The van der Waals surface area contributed by atoms with Crippen molar-refractivity contribution in [1.82, 2.24) is 5.16 Å². The van der Waals surface area contributed by atoms with E-state index in [1.54, 1.807) is 25.1 Å². The highest BCUT2D eigenvalue weighted by Gasteiger charge is 2.33. The lowest BCUT2D eigenvalue weighted by Gasteiger charge is -2.25. The van der Waals surface area contributed by atoms with Crippen LogP contribution in [0, 0.1) is 6.92 Å². The number of hydrogen-bond donors (Lipinski definition) is 1. The van der Waals surface area contributed by atoms with Gasteiger partial charge in [0.05, 0.1) is 11.1 Å². The van der Waals surface area contributed by atoms with Gasteiger partial charge in [-0.05, 0) is 31.2 Å². The summed E-state index contributed by atoms with van der Waals surface area (Å²) in [6.07, 6.45) is -0.0175. The Morgan fingerprint density at radius 3 is 2.73 bits per heavy atom. The zero-order chi connectivity index (χ0) is 21.5. The van der Waals surface area contributed by atoms with Crippen LogP contribution in [0.25, 0.3) is 10.8 Å². The third-order valence-corrected chi connectivity index (χ3v) is 5.13. The van der Waals surface area contributed by atoms with E-state index in [-0.39, 0.29) is 13.2 Å². The third-order valence-electron chi connectivity index (χ3n) is 5.13. The lowest BCUT2D eigenvalue weighted by atomic mass is 9.79. The first-order valence-electron chi connectivity index (χ1n) is 9.40. The SMILES string of the molecule is Cc1noc(=O)c2ccc(NC(=O)C(=O)CC(C)(C)c3cccc4c3OCO4)cc12. The summed E-state index contributed by atoms with van der Waals surface area (Å²) in [7, 11) is 0. The summed E-state index contributed by atoms with van der Waals surface area (Å²) < 4.78 is 15.6. The molecule has 2 heterocycles. The number of rotatable bonds is 5. The highest BCUT2D eigenvalue weighted by molar-refractivity contribution is 6.40. The van der Waals surface area contributed by atoms with E-state index in [4.69, 9.17) is 14.0 Å². The maximum atomic E-state index is 12.7. The fourth-order valence-electron chi connectivity index (χ4n) is 3.55. The van der Waals surface area contributed by atoms with Crippen LogP contribution >= 0.6 is 0 Å². The number of ketones is 1. The van der Waals surface area contributed by atoms with Gasteiger partial charge in [0.15, 0.2) is 11.5 Å². The predicted octanol–water partition coefficient (Wildman–Crippen LogP) is 3.10. The van der Waals surface area contributed by atoms with E-state index in [0.717, 1.165) is 5.56 Å². The van der Waals surface area contributed by atoms with Crippen LogP contribution in [0.5, 0.6) is 11.5 Å². The molecule has 1 aliphatic heterocycles. The molecule has 8 nitrogen and oxygen atoms in total. The standard InChI is InChI=1S/C22H20N2O6/c1-12-15-9-13(7-8-14(15)21(27)30-24-12)23-20(26)17(25)10-22(2,3)16-5-4-6-18-19(16)29-11-28-18/h4-9H,10-11H2,1-3H3,(H,23,26). The number of aromatic nitrogens is 1. The molecule has 0 bridgehead atoms. The van der Waals surface area contributed by atoms with Gasteiger partial charge in [0.1, 0.15) is 0 Å². The van der Waals surface area contributed by atoms with Crippen molar-refractivity contribution in [3.05, 3.63) is 58.1 Å². The topological polar surface area (TPSA) is 108 Å². The monoisotopic (exact) mass is 408 g/mol. The summed E-state index contributed by atoms with van der Waals surface area (Å²) in [5.41, 5.74) is 0.501. The number of carbonyl (C=O) groups is 2. The number of carbonyl (C=O) groups excluding carboxylic acids is 2. The number of anilines is 1. The molecule has 2 aromatic carbocycles. The Bertz CT molecular complexity index is 1230. The molecule has 4 rings (SSSR count). The molecular formula is C22H20N2O6. The minimum atomic E-state index is -0.735. The van der Waals surface area contributed by atoms with Crippen molar-refractivity contribution in [3.63, 3.8) is 0 Å². The average molecular weight is 408 g/mol. The zero-order valence-electron chi connectivity index (χ0n) is 16.8. The van der Waals surface area contributed by atoms with E-state index in [1.807, 2.05) is 26.0 Å². The first-order valence-corrected chi connectivity index (χ1v) is 9.40. The Hall–Kier alpha value is -3.68. The van der Waals surface area contributed by atoms with Crippen LogP contribution < -0.4 is 20.4 Å². The van der Waals surface area contributed by atoms with E-state index in [1.165, 1.54) is 6.07 Å². The second-order valence-corrected chi connectivity index (χ2v) is 7.79. The summed E-state index contributed by atoms with van der Waals surface area (Å²) in [5, 5.41) is 7.19. The molecule has 154 valence electrons. The van der Waals surface area contributed by atoms with Gasteiger partial charge in [-0.1, -0.05) is 31.1 Å². The van der Waals surface area contributed by atoms with Gasteiger partial charge in [-0.15, -0.1) is 0 Å². The fourth-order valence-corrected chi connectivity index (χ4v) is 3.55. The number of amides is 1. The van der Waals surface area contributed by atoms with Crippen LogP contribution in [0.15, 0.2) is 45.7 Å². The molecule has 3 aromatic rings. The highest BCUT2D eigenvalue weighted by atomic mass is 16.7. The largest absolute Gasteiger partial charge is 0.454 e. The molecule has 8 heteroatoms. The number of ether oxygens (including phenoxy) is 2. The molecule has 0 saturated heterocycles. The maximum Gasteiger partial charge on any atom is 0.366 e. The first kappa shape index (κ1) is 19.6. The van der Waals surface area contributed by atoms with Crippen LogP contribution in [0.2, 0.25) is 0 Å². The van der Waals surface area contributed by atoms with Crippen molar-refractivity contribution >= 4 is 28.2 Å². The van der Waals surface area contributed by atoms with Crippen molar-refractivity contribution in [2.75, 3.05) is 12.1 Å². The van der Waals surface area contributed by atoms with Crippen LogP contribution in [0.1, 0.15) is 31.5 Å². The normalized spacial score (nSPS) is 12.8. The Morgan fingerprint density at radius 1 is 1.13 bits per heavy atom. The molecule has 0 fully saturated rings. The van der Waals surface area contributed by atoms with E-state index in [9.17, 15) is 14.4 Å². The van der Waals surface area contributed by atoms with E-state index in [2.05, 4.69) is 10.5 Å². The number of hydrogen-bond acceptors (Lipinski definition) is 7. The lowest BCUT2D eigenvalue weighted by molar-refractivity contribution is -0.135. The summed E-state index contributed by atoms with van der Waals surface area (Å²) >= 11 is 0. The molecule has 0 spiro atoms. The van der Waals surface area contributed by atoms with Gasteiger partial charge >= 0.3 is 5.63 Å². The molecule has 1 aromatic heterocycles. The van der Waals surface area contributed by atoms with Gasteiger partial charge in [0.25, 0.3) is 5.91 Å². The second kappa shape index (κ2) is 7.29. The molecular weight excluding hydrogens is 388 g/mol. The molecule has 1 aliphatic rings. The van der Waals surface area contributed by atoms with Gasteiger partial charge in [0, 0.05) is 28.5 Å². The van der Waals surface area contributed by atoms with Crippen LogP contribution in [-0.2, 0) is 15.0 Å². The first-order chi connectivity index (χ1) is 14.3. The fraction of sp³-hybridized carbons (Fsp3) is 0.273. The quantitative estimate of drug-likeness (QED) is 0.646. The molecule has 1 amide bonds. The maximum absolute atomic E-state index is 12.7. The summed E-state index contributed by atoms with van der Waals surface area (Å²) in [6, 6.07) is 10.2. The second-order valence-electron chi connectivity index (χ2n) is 7.79. The summed E-state index contributed by atoms with van der Waals surface area (Å²) in [5.74, 6) is -0.0751. The van der Waals surface area contributed by atoms with Gasteiger partial charge in [-0.2, -0.15) is 0 Å². The Kier molecular flexibility index (Phi) is 4.77. The molecule has 0 aliphatic carbocycles. The molecule has 0 atom stereocenters. The number of fused-ring (bicyclic) bond motifs is 2. The van der Waals surface area contributed by atoms with Gasteiger partial charge in [-0.3, -0.25) is 9.59 Å². The smallest absolute Gasteiger partial charge is 0.366 e. The molecule has 0 saturated carbocycles. The average Bonchev–Trinajstić information content (AvgIpc) is 3.19. The number of para-hydroxylation sites is 1. The summed E-state index contributed by atoms with van der Waals surface area (Å²) in [4.78, 5) is 36.9. The number of nitrogens with zero attached hydrogens (tertiary/aromatic N) is 1. The predicted molar refractivity (Wildman–Crippen MR) is 109 cm³/mol. The van der Waals surface area contributed by atoms with Crippen molar-refractivity contribution < 1.29 is 23.6 Å². The highest BCUT2D eigenvalue weighted by Crippen LogP contribution is 2.42. The number of Topliss-reactive ketones (excluding diaryl/α,β-unsaturated/α-hetero) is 1. The van der Waals surface area contributed by atoms with Crippen molar-refractivity contribution in [2.45, 2.75) is 32.6 Å². The number of aryl methyl sites for hydroxylation is 1. The van der Waals surface area contributed by atoms with Gasteiger partial charge in [-0.25, -0.2) is 4.79 Å². The molecule has 0 unspecified atom stereocenters. The minimum Gasteiger partial charge on any atom is -0.454 e. The lowest BCUT2D eigenvalue weighted by Crippen LogP contribution is -2.30. The van der Waals surface area contributed by atoms with Crippen molar-refractivity contribution in [1.29, 1.82) is 0 Å². The Morgan fingerprint density at radius 2 is 1.93 bits per heavy atom. The van der Waals surface area contributed by atoms with E-state index >= 15 is 0 Å². The van der Waals surface area contributed by atoms with Crippen molar-refractivity contribution in [3.8, 4) is 11.5 Å². The molecule has 1 N–H and O–H groups in total. The van der Waals surface area contributed by atoms with Crippen molar-refractivity contribution in [2.24, 2.45) is 0 Å². The molecule has 30 heavy (non-hydrogen) atoms. The van der Waals surface area contributed by atoms with Crippen LogP contribution in [0.3, 0.4) is 0 Å². The van der Waals surface area contributed by atoms with Gasteiger partial charge < -0.3 is 19.3 Å². The number of nitrogens with one attached hydrogen (secondary N) is 1. The Balaban J connectivity index is 1.52. The minimum absolute atomic E-state index is 0.0175. The zero-order valence-corrected chi connectivity index (χ0v) is 16.8. The van der Waals surface area contributed by atoms with Crippen LogP contribution in [0.4, 0.5) is 5.69 Å². The number of benzene rings is 2. The van der Waals surface area contributed by atoms with E-state index < -0.39 is 22.7 Å². The van der Waals surface area contributed by atoms with E-state index in [0.29, 0.717) is 33.7 Å².